The molecular weight excluding hydrogens is 487 g/mol. The molecule has 0 atom stereocenters. The lowest BCUT2D eigenvalue weighted by Gasteiger charge is -2.22. The second-order valence-corrected chi connectivity index (χ2v) is 11.0. The summed E-state index contributed by atoms with van der Waals surface area (Å²) in [5.41, 5.74) is 1.27. The minimum Gasteiger partial charge on any atom is -0.299 e. The Labute approximate surface area is 192 Å². The first-order chi connectivity index (χ1) is 14.2. The number of carbonyl (C=O) groups excluding carboxylic acids is 1. The molecule has 158 valence electrons. The van der Waals surface area contributed by atoms with Gasteiger partial charge in [0.15, 0.2) is 4.34 Å². The number of halogens is 2. The van der Waals surface area contributed by atoms with Crippen LogP contribution in [0.2, 0.25) is 10.0 Å². The Balaban J connectivity index is 1.66. The number of thioether (sulfide) groups is 1. The molecule has 3 aromatic rings. The molecule has 30 heavy (non-hydrogen) atoms. The molecule has 7 nitrogen and oxygen atoms in total. The van der Waals surface area contributed by atoms with Gasteiger partial charge >= 0.3 is 0 Å². The lowest BCUT2D eigenvalue weighted by atomic mass is 10.2. The van der Waals surface area contributed by atoms with Gasteiger partial charge in [0.05, 0.1) is 17.0 Å². The number of carbonyl (C=O) groups is 1. The molecule has 0 aliphatic carbocycles. The molecule has 0 fully saturated rings. The van der Waals surface area contributed by atoms with Crippen molar-refractivity contribution in [2.24, 2.45) is 0 Å². The molecule has 3 rings (SSSR count). The van der Waals surface area contributed by atoms with Crippen molar-refractivity contribution in [3.8, 4) is 0 Å². The van der Waals surface area contributed by atoms with Crippen LogP contribution in [0.3, 0.4) is 0 Å². The number of hydrogen-bond donors (Lipinski definition) is 1. The van der Waals surface area contributed by atoms with Gasteiger partial charge in [-0.1, -0.05) is 76.6 Å². The lowest BCUT2D eigenvalue weighted by Crippen LogP contribution is -2.37. The van der Waals surface area contributed by atoms with Crippen LogP contribution in [0.25, 0.3) is 0 Å². The fourth-order valence-corrected chi connectivity index (χ4v) is 5.41. The zero-order valence-corrected chi connectivity index (χ0v) is 19.5. The summed E-state index contributed by atoms with van der Waals surface area (Å²) in [5.74, 6) is 0.144. The number of amides is 1. The average Bonchev–Trinajstić information content (AvgIpc) is 3.14. The predicted molar refractivity (Wildman–Crippen MR) is 123 cm³/mol. The Kier molecular flexibility index (Phi) is 7.59. The maximum absolute atomic E-state index is 12.5. The van der Waals surface area contributed by atoms with Crippen molar-refractivity contribution < 1.29 is 13.2 Å². The van der Waals surface area contributed by atoms with Crippen molar-refractivity contribution in [1.82, 2.24) is 10.2 Å². The van der Waals surface area contributed by atoms with Crippen molar-refractivity contribution in [2.45, 2.75) is 10.1 Å². The van der Waals surface area contributed by atoms with Crippen LogP contribution in [0.4, 0.5) is 10.8 Å². The van der Waals surface area contributed by atoms with Gasteiger partial charge in [0, 0.05) is 10.8 Å². The topological polar surface area (TPSA) is 92.3 Å². The van der Waals surface area contributed by atoms with E-state index in [0.29, 0.717) is 9.36 Å². The minimum absolute atomic E-state index is 0.123. The zero-order valence-electron chi connectivity index (χ0n) is 15.6. The fraction of sp³-hybridized carbons (Fsp3) is 0.167. The molecular formula is C18H16Cl2N4O3S3. The number of aromatic nitrogens is 2. The van der Waals surface area contributed by atoms with Crippen LogP contribution in [0.5, 0.6) is 0 Å². The Hall–Kier alpha value is -1.85. The van der Waals surface area contributed by atoms with Crippen molar-refractivity contribution in [2.75, 3.05) is 22.4 Å². The van der Waals surface area contributed by atoms with Gasteiger partial charge in [0.2, 0.25) is 21.1 Å². The molecule has 0 aliphatic heterocycles. The number of sulfonamides is 1. The summed E-state index contributed by atoms with van der Waals surface area (Å²) >= 11 is 14.8. The molecule has 12 heteroatoms. The Morgan fingerprint density at radius 1 is 1.17 bits per heavy atom. The Morgan fingerprint density at radius 3 is 2.60 bits per heavy atom. The number of rotatable bonds is 8. The van der Waals surface area contributed by atoms with Gasteiger partial charge in [0.1, 0.15) is 6.54 Å². The van der Waals surface area contributed by atoms with Crippen LogP contribution in [0.1, 0.15) is 5.56 Å². The number of nitrogens with one attached hydrogen (secondary N) is 1. The number of anilines is 2. The first-order valence-corrected chi connectivity index (χ1v) is 12.9. The molecule has 0 aliphatic rings. The number of hydrogen-bond acceptors (Lipinski definition) is 7. The Morgan fingerprint density at radius 2 is 1.90 bits per heavy atom. The van der Waals surface area contributed by atoms with E-state index in [1.165, 1.54) is 41.3 Å². The number of benzene rings is 2. The molecule has 0 saturated carbocycles. The van der Waals surface area contributed by atoms with Crippen LogP contribution in [-0.4, -0.2) is 37.3 Å². The highest BCUT2D eigenvalue weighted by Gasteiger charge is 2.24. The molecule has 1 amide bonds. The van der Waals surface area contributed by atoms with E-state index in [-0.39, 0.29) is 15.8 Å². The van der Waals surface area contributed by atoms with E-state index >= 15 is 0 Å². The van der Waals surface area contributed by atoms with Crippen LogP contribution in [-0.2, 0) is 20.6 Å². The summed E-state index contributed by atoms with van der Waals surface area (Å²) in [7, 11) is -3.79. The molecule has 0 radical (unpaired) electrons. The van der Waals surface area contributed by atoms with Gasteiger partial charge in [-0.05, 0) is 23.8 Å². The van der Waals surface area contributed by atoms with Crippen molar-refractivity contribution in [1.29, 1.82) is 0 Å². The van der Waals surface area contributed by atoms with Gasteiger partial charge in [-0.15, -0.1) is 10.2 Å². The van der Waals surface area contributed by atoms with E-state index in [1.807, 2.05) is 30.3 Å². The van der Waals surface area contributed by atoms with Gasteiger partial charge in [0.25, 0.3) is 0 Å². The monoisotopic (exact) mass is 502 g/mol. The van der Waals surface area contributed by atoms with Gasteiger partial charge < -0.3 is 0 Å². The quantitative estimate of drug-likeness (QED) is 0.359. The summed E-state index contributed by atoms with van der Waals surface area (Å²) in [6, 6.07) is 14.3. The summed E-state index contributed by atoms with van der Waals surface area (Å²) in [5, 5.41) is 11.3. The van der Waals surface area contributed by atoms with Crippen molar-refractivity contribution in [3.63, 3.8) is 0 Å². The largest absolute Gasteiger partial charge is 0.299 e. The summed E-state index contributed by atoms with van der Waals surface area (Å²) < 4.78 is 26.0. The molecule has 0 spiro atoms. The predicted octanol–water partition coefficient (Wildman–Crippen LogP) is 4.54. The normalized spacial score (nSPS) is 11.3. The molecule has 1 heterocycles. The van der Waals surface area contributed by atoms with E-state index in [9.17, 15) is 13.2 Å². The van der Waals surface area contributed by atoms with E-state index in [1.54, 1.807) is 0 Å². The van der Waals surface area contributed by atoms with Crippen molar-refractivity contribution in [3.05, 3.63) is 64.1 Å². The zero-order chi connectivity index (χ0) is 21.7. The van der Waals surface area contributed by atoms with Gasteiger partial charge in [-0.3, -0.25) is 14.4 Å². The highest BCUT2D eigenvalue weighted by Crippen LogP contribution is 2.31. The van der Waals surface area contributed by atoms with Gasteiger partial charge in [-0.2, -0.15) is 0 Å². The van der Waals surface area contributed by atoms with E-state index < -0.39 is 22.5 Å². The van der Waals surface area contributed by atoms with E-state index in [2.05, 4.69) is 15.5 Å². The second-order valence-electron chi connectivity index (χ2n) is 6.06. The lowest BCUT2D eigenvalue weighted by molar-refractivity contribution is -0.114. The second kappa shape index (κ2) is 9.97. The van der Waals surface area contributed by atoms with Crippen molar-refractivity contribution >= 4 is 73.0 Å². The first kappa shape index (κ1) is 22.8. The third-order valence-electron chi connectivity index (χ3n) is 3.72. The maximum Gasteiger partial charge on any atom is 0.246 e. The first-order valence-electron chi connectivity index (χ1n) is 8.45. The molecule has 1 N–H and O–H groups in total. The third kappa shape index (κ3) is 6.32. The highest BCUT2D eigenvalue weighted by atomic mass is 35.5. The van der Waals surface area contributed by atoms with Crippen LogP contribution < -0.4 is 9.62 Å². The van der Waals surface area contributed by atoms with E-state index in [4.69, 9.17) is 23.2 Å². The summed E-state index contributed by atoms with van der Waals surface area (Å²) in [4.78, 5) is 12.5. The average molecular weight is 503 g/mol. The summed E-state index contributed by atoms with van der Waals surface area (Å²) in [6.07, 6.45) is 0.987. The molecule has 0 unspecified atom stereocenters. The molecule has 0 bridgehead atoms. The van der Waals surface area contributed by atoms with Gasteiger partial charge in [-0.25, -0.2) is 8.42 Å². The SMILES string of the molecule is CS(=O)(=O)N(CC(=O)Nc1nnc(SCc2ccccc2)s1)c1cc(Cl)ccc1Cl. The third-order valence-corrected chi connectivity index (χ3v) is 7.45. The minimum atomic E-state index is -3.79. The van der Waals surface area contributed by atoms with Crippen LogP contribution in [0, 0.1) is 0 Å². The summed E-state index contributed by atoms with van der Waals surface area (Å²) in [6.45, 7) is -0.481. The van der Waals surface area contributed by atoms with E-state index in [0.717, 1.165) is 21.9 Å². The standard InChI is InChI=1S/C18H16Cl2N4O3S3/c1-30(26,27)24(15-9-13(19)7-8-14(15)20)10-16(25)21-17-22-23-18(29-17)28-11-12-5-3-2-4-6-12/h2-9H,10-11H2,1H3,(H,21,22,25). The smallest absolute Gasteiger partial charge is 0.246 e. The molecule has 0 saturated heterocycles. The Bertz CT molecular complexity index is 1140. The molecule has 2 aromatic carbocycles. The fourth-order valence-electron chi connectivity index (χ4n) is 2.39. The van der Waals surface area contributed by atoms with Crippen LogP contribution in [0.15, 0.2) is 52.9 Å². The number of nitrogens with zero attached hydrogens (tertiary/aromatic N) is 3. The van der Waals surface area contributed by atoms with Crippen LogP contribution >= 0.6 is 46.3 Å². The highest BCUT2D eigenvalue weighted by molar-refractivity contribution is 8.00. The molecule has 1 aromatic heterocycles. The maximum atomic E-state index is 12.5.